The number of aliphatic carboxylic acids is 1. The van der Waals surface area contributed by atoms with Crippen molar-refractivity contribution in [3.05, 3.63) is 57.5 Å². The van der Waals surface area contributed by atoms with Crippen LogP contribution in [0.3, 0.4) is 0 Å². The van der Waals surface area contributed by atoms with E-state index in [1.165, 1.54) is 38.2 Å². The molecule has 28 heavy (non-hydrogen) atoms. The smallest absolute Gasteiger partial charge is 0.330 e. The van der Waals surface area contributed by atoms with E-state index >= 15 is 0 Å². The number of halogens is 2. The number of carboxylic acids is 1. The van der Waals surface area contributed by atoms with Crippen molar-refractivity contribution in [1.82, 2.24) is 5.32 Å². The number of hydrogen-bond acceptors (Lipinski definition) is 2. The molecule has 154 valence electrons. The number of carboxylic acid groups (broad SMARTS) is 1. The fourth-order valence-electron chi connectivity index (χ4n) is 2.82. The SMILES string of the molecule is O=C(/C=C/CCCCCCCCCC=C(Br)Br)N[C@H](C(=O)O)c1ccccc1. The summed E-state index contributed by atoms with van der Waals surface area (Å²) in [6.07, 6.45) is 15.8. The maximum absolute atomic E-state index is 12.0. The van der Waals surface area contributed by atoms with Gasteiger partial charge in [-0.1, -0.05) is 74.6 Å². The standard InChI is InChI=1S/C22H29Br2NO3/c23-19(24)16-12-7-5-3-1-2-4-6-8-13-17-20(26)25-21(22(27)28)18-14-10-9-11-15-18/h9-11,13-17,21H,1-8,12H2,(H,25,26)(H,27,28)/b17-13+/t21-/m0/s1. The first-order valence-corrected chi connectivity index (χ1v) is 11.3. The summed E-state index contributed by atoms with van der Waals surface area (Å²) < 4.78 is 1.03. The van der Waals surface area contributed by atoms with Gasteiger partial charge in [-0.2, -0.15) is 0 Å². The van der Waals surface area contributed by atoms with Crippen LogP contribution < -0.4 is 5.32 Å². The molecule has 0 aliphatic rings. The third kappa shape index (κ3) is 12.1. The summed E-state index contributed by atoms with van der Waals surface area (Å²) in [7, 11) is 0. The first kappa shape index (κ1) is 24.6. The van der Waals surface area contributed by atoms with Crippen LogP contribution in [0.5, 0.6) is 0 Å². The predicted molar refractivity (Wildman–Crippen MR) is 122 cm³/mol. The van der Waals surface area contributed by atoms with Gasteiger partial charge in [-0.25, -0.2) is 4.79 Å². The molecule has 0 bridgehead atoms. The molecule has 0 heterocycles. The Morgan fingerprint density at radius 1 is 0.929 bits per heavy atom. The van der Waals surface area contributed by atoms with Gasteiger partial charge in [-0.15, -0.1) is 0 Å². The number of allylic oxidation sites excluding steroid dienone is 2. The Hall–Kier alpha value is -1.40. The Bertz CT molecular complexity index is 640. The first-order valence-electron chi connectivity index (χ1n) is 9.76. The molecule has 0 spiro atoms. The number of unbranched alkanes of at least 4 members (excludes halogenated alkanes) is 8. The molecule has 1 amide bonds. The molecule has 4 nitrogen and oxygen atoms in total. The summed E-state index contributed by atoms with van der Waals surface area (Å²) in [4.78, 5) is 23.3. The van der Waals surface area contributed by atoms with Crippen molar-refractivity contribution in [2.24, 2.45) is 0 Å². The average Bonchev–Trinajstić information content (AvgIpc) is 2.67. The predicted octanol–water partition coefficient (Wildman–Crippen LogP) is 6.63. The van der Waals surface area contributed by atoms with E-state index in [0.717, 1.165) is 29.1 Å². The Balaban J connectivity index is 2.12. The Kier molecular flexibility index (Phi) is 13.7. The first-order chi connectivity index (χ1) is 13.5. The molecule has 0 unspecified atom stereocenters. The molecule has 0 aliphatic carbocycles. The maximum atomic E-state index is 12.0. The lowest BCUT2D eigenvalue weighted by molar-refractivity contribution is -0.141. The highest BCUT2D eigenvalue weighted by Gasteiger charge is 2.20. The molecule has 0 fully saturated rings. The average molecular weight is 515 g/mol. The maximum Gasteiger partial charge on any atom is 0.330 e. The van der Waals surface area contributed by atoms with Crippen molar-refractivity contribution in [2.75, 3.05) is 0 Å². The zero-order valence-corrected chi connectivity index (χ0v) is 19.3. The molecule has 0 aliphatic heterocycles. The summed E-state index contributed by atoms with van der Waals surface area (Å²) in [6.45, 7) is 0. The van der Waals surface area contributed by atoms with E-state index in [9.17, 15) is 14.7 Å². The van der Waals surface area contributed by atoms with Gasteiger partial charge < -0.3 is 10.4 Å². The van der Waals surface area contributed by atoms with E-state index in [4.69, 9.17) is 0 Å². The lowest BCUT2D eigenvalue weighted by Gasteiger charge is -2.13. The fraction of sp³-hybridized carbons (Fsp3) is 0.455. The minimum absolute atomic E-state index is 0.375. The third-order valence-corrected chi connectivity index (χ3v) is 4.96. The lowest BCUT2D eigenvalue weighted by atomic mass is 10.1. The summed E-state index contributed by atoms with van der Waals surface area (Å²) in [5.74, 6) is -1.44. The quantitative estimate of drug-likeness (QED) is 0.216. The minimum atomic E-state index is -1.07. The fourth-order valence-corrected chi connectivity index (χ4v) is 3.27. The van der Waals surface area contributed by atoms with E-state index in [2.05, 4.69) is 43.3 Å². The molecule has 6 heteroatoms. The van der Waals surface area contributed by atoms with Gasteiger partial charge in [0.25, 0.3) is 0 Å². The van der Waals surface area contributed by atoms with Gasteiger partial charge in [-0.3, -0.25) is 4.79 Å². The van der Waals surface area contributed by atoms with Gasteiger partial charge in [0, 0.05) is 0 Å². The Morgan fingerprint density at radius 3 is 2.07 bits per heavy atom. The second kappa shape index (κ2) is 15.5. The van der Waals surface area contributed by atoms with Gasteiger partial charge in [0.05, 0.1) is 3.39 Å². The molecule has 0 aromatic heterocycles. The van der Waals surface area contributed by atoms with Crippen molar-refractivity contribution in [3.63, 3.8) is 0 Å². The largest absolute Gasteiger partial charge is 0.479 e. The minimum Gasteiger partial charge on any atom is -0.479 e. The van der Waals surface area contributed by atoms with E-state index in [-0.39, 0.29) is 5.91 Å². The monoisotopic (exact) mass is 513 g/mol. The van der Waals surface area contributed by atoms with Crippen LogP contribution in [0.2, 0.25) is 0 Å². The van der Waals surface area contributed by atoms with Gasteiger partial charge >= 0.3 is 5.97 Å². The van der Waals surface area contributed by atoms with Crippen LogP contribution in [0.25, 0.3) is 0 Å². The van der Waals surface area contributed by atoms with Gasteiger partial charge in [0.2, 0.25) is 5.91 Å². The number of nitrogens with one attached hydrogen (secondary N) is 1. The third-order valence-electron chi connectivity index (χ3n) is 4.31. The Morgan fingerprint density at radius 2 is 1.50 bits per heavy atom. The summed E-state index contributed by atoms with van der Waals surface area (Å²) >= 11 is 6.71. The van der Waals surface area contributed by atoms with Gasteiger partial charge in [0.1, 0.15) is 0 Å². The molecule has 1 atom stereocenters. The van der Waals surface area contributed by atoms with Crippen molar-refractivity contribution in [3.8, 4) is 0 Å². The molecule has 0 radical (unpaired) electrons. The van der Waals surface area contributed by atoms with Gasteiger partial charge in [-0.05, 0) is 69.2 Å². The number of rotatable bonds is 14. The zero-order valence-electron chi connectivity index (χ0n) is 16.1. The zero-order chi connectivity index (χ0) is 20.6. The van der Waals surface area contributed by atoms with E-state index < -0.39 is 12.0 Å². The number of hydrogen-bond donors (Lipinski definition) is 2. The van der Waals surface area contributed by atoms with Crippen molar-refractivity contribution < 1.29 is 14.7 Å². The molecule has 0 saturated carbocycles. The molecular formula is C22H29Br2NO3. The van der Waals surface area contributed by atoms with E-state index in [1.54, 1.807) is 24.3 Å². The van der Waals surface area contributed by atoms with E-state index in [0.29, 0.717) is 5.56 Å². The Labute approximate surface area is 184 Å². The van der Waals surface area contributed by atoms with Gasteiger partial charge in [0.15, 0.2) is 6.04 Å². The normalized spacial score (nSPS) is 11.9. The highest BCUT2D eigenvalue weighted by molar-refractivity contribution is 9.28. The molecule has 0 saturated heterocycles. The van der Waals surface area contributed by atoms with Crippen LogP contribution in [0.1, 0.15) is 69.4 Å². The molecule has 1 rings (SSSR count). The van der Waals surface area contributed by atoms with Crippen LogP contribution >= 0.6 is 31.9 Å². The lowest BCUT2D eigenvalue weighted by Crippen LogP contribution is -2.32. The summed E-state index contributed by atoms with van der Waals surface area (Å²) in [6, 6.07) is 7.69. The molecule has 1 aromatic carbocycles. The number of carbonyl (C=O) groups excluding carboxylic acids is 1. The molecule has 1 aromatic rings. The molecular weight excluding hydrogens is 486 g/mol. The summed E-state index contributed by atoms with van der Waals surface area (Å²) in [5.41, 5.74) is 0.563. The topological polar surface area (TPSA) is 66.4 Å². The van der Waals surface area contributed by atoms with Crippen molar-refractivity contribution in [2.45, 2.75) is 63.8 Å². The number of benzene rings is 1. The summed E-state index contributed by atoms with van der Waals surface area (Å²) in [5, 5.41) is 11.9. The van der Waals surface area contributed by atoms with Crippen LogP contribution in [0.15, 0.2) is 52.0 Å². The van der Waals surface area contributed by atoms with E-state index in [1.807, 2.05) is 12.1 Å². The number of carbonyl (C=O) groups is 2. The van der Waals surface area contributed by atoms with Crippen LogP contribution in [-0.2, 0) is 9.59 Å². The van der Waals surface area contributed by atoms with Crippen molar-refractivity contribution in [1.29, 1.82) is 0 Å². The second-order valence-electron chi connectivity index (χ2n) is 6.64. The highest BCUT2D eigenvalue weighted by Crippen LogP contribution is 2.16. The number of amides is 1. The highest BCUT2D eigenvalue weighted by atomic mass is 79.9. The van der Waals surface area contributed by atoms with Crippen LogP contribution in [-0.4, -0.2) is 17.0 Å². The van der Waals surface area contributed by atoms with Crippen molar-refractivity contribution >= 4 is 43.7 Å². The second-order valence-corrected chi connectivity index (χ2v) is 9.41. The molecule has 2 N–H and O–H groups in total. The van der Waals surface area contributed by atoms with Crippen LogP contribution in [0, 0.1) is 0 Å². The van der Waals surface area contributed by atoms with Crippen LogP contribution in [0.4, 0.5) is 0 Å².